The minimum Gasteiger partial charge on any atom is -0.392 e. The average molecular weight is 319 g/mol. The van der Waals surface area contributed by atoms with Crippen LogP contribution >= 0.6 is 23.8 Å². The number of benzene rings is 1. The SMILES string of the molecule is CC1CC(C(=O)Nc2c(F)cc(F)cc2Cl)(C(N)=S)C1. The molecular formula is C13H13ClF2N2OS. The highest BCUT2D eigenvalue weighted by Crippen LogP contribution is 2.47. The average Bonchev–Trinajstić information content (AvgIpc) is 2.28. The smallest absolute Gasteiger partial charge is 0.237 e. The van der Waals surface area contributed by atoms with Gasteiger partial charge in [0.05, 0.1) is 21.1 Å². The number of amides is 1. The van der Waals surface area contributed by atoms with E-state index in [-0.39, 0.29) is 15.7 Å². The van der Waals surface area contributed by atoms with Crippen LogP contribution in [0.1, 0.15) is 19.8 Å². The summed E-state index contributed by atoms with van der Waals surface area (Å²) in [5, 5.41) is 2.16. The van der Waals surface area contributed by atoms with Crippen LogP contribution in [-0.4, -0.2) is 10.9 Å². The fraction of sp³-hybridized carbons (Fsp3) is 0.385. The molecular weight excluding hydrogens is 306 g/mol. The molecule has 0 aliphatic heterocycles. The second kappa shape index (κ2) is 5.26. The van der Waals surface area contributed by atoms with Gasteiger partial charge in [-0.2, -0.15) is 0 Å². The van der Waals surface area contributed by atoms with Crippen molar-refractivity contribution in [3.8, 4) is 0 Å². The van der Waals surface area contributed by atoms with Gasteiger partial charge in [-0.15, -0.1) is 0 Å². The van der Waals surface area contributed by atoms with Gasteiger partial charge < -0.3 is 11.1 Å². The van der Waals surface area contributed by atoms with Crippen LogP contribution in [0.25, 0.3) is 0 Å². The molecule has 1 aliphatic carbocycles. The van der Waals surface area contributed by atoms with E-state index in [2.05, 4.69) is 5.32 Å². The van der Waals surface area contributed by atoms with Gasteiger partial charge in [-0.05, 0) is 24.8 Å². The first-order chi connectivity index (χ1) is 9.26. The first kappa shape index (κ1) is 15.1. The maximum Gasteiger partial charge on any atom is 0.237 e. The number of anilines is 1. The molecule has 1 aromatic rings. The third-order valence-electron chi connectivity index (χ3n) is 3.55. The lowest BCUT2D eigenvalue weighted by Gasteiger charge is -2.44. The summed E-state index contributed by atoms with van der Waals surface area (Å²) < 4.78 is 26.6. The lowest BCUT2D eigenvalue weighted by Crippen LogP contribution is -2.54. The Balaban J connectivity index is 2.26. The fourth-order valence-electron chi connectivity index (χ4n) is 2.52. The third-order valence-corrected chi connectivity index (χ3v) is 4.23. The van der Waals surface area contributed by atoms with E-state index < -0.39 is 23.0 Å². The Morgan fingerprint density at radius 2 is 2.10 bits per heavy atom. The van der Waals surface area contributed by atoms with Gasteiger partial charge in [0.2, 0.25) is 5.91 Å². The van der Waals surface area contributed by atoms with Gasteiger partial charge in [0, 0.05) is 6.07 Å². The summed E-state index contributed by atoms with van der Waals surface area (Å²) in [5.41, 5.74) is 4.40. The quantitative estimate of drug-likeness (QED) is 0.841. The third kappa shape index (κ3) is 2.50. The molecule has 1 aliphatic rings. The van der Waals surface area contributed by atoms with Crippen LogP contribution in [0.2, 0.25) is 5.02 Å². The number of halogens is 3. The normalized spacial score (nSPS) is 24.9. The van der Waals surface area contributed by atoms with Gasteiger partial charge in [-0.3, -0.25) is 4.79 Å². The molecule has 0 saturated heterocycles. The van der Waals surface area contributed by atoms with Gasteiger partial charge in [-0.25, -0.2) is 8.78 Å². The van der Waals surface area contributed by atoms with Gasteiger partial charge in [-0.1, -0.05) is 30.7 Å². The molecule has 1 amide bonds. The van der Waals surface area contributed by atoms with Gasteiger partial charge in [0.1, 0.15) is 5.82 Å². The molecule has 108 valence electrons. The molecule has 1 fully saturated rings. The summed E-state index contributed by atoms with van der Waals surface area (Å²) in [6.07, 6.45) is 1.02. The predicted octanol–water partition coefficient (Wildman–Crippen LogP) is 3.26. The zero-order chi connectivity index (χ0) is 15.1. The van der Waals surface area contributed by atoms with Crippen LogP contribution in [-0.2, 0) is 4.79 Å². The van der Waals surface area contributed by atoms with E-state index in [0.717, 1.165) is 6.07 Å². The number of nitrogens with two attached hydrogens (primary N) is 1. The summed E-state index contributed by atoms with van der Waals surface area (Å²) in [7, 11) is 0. The predicted molar refractivity (Wildman–Crippen MR) is 77.6 cm³/mol. The zero-order valence-electron chi connectivity index (χ0n) is 10.7. The van der Waals surface area contributed by atoms with E-state index in [1.807, 2.05) is 6.92 Å². The zero-order valence-corrected chi connectivity index (χ0v) is 12.2. The van der Waals surface area contributed by atoms with Crippen LogP contribution in [0.3, 0.4) is 0 Å². The van der Waals surface area contributed by atoms with E-state index >= 15 is 0 Å². The second-order valence-corrected chi connectivity index (χ2v) is 6.01. The van der Waals surface area contributed by atoms with Crippen molar-refractivity contribution in [2.75, 3.05) is 5.32 Å². The van der Waals surface area contributed by atoms with E-state index in [1.54, 1.807) is 0 Å². The lowest BCUT2D eigenvalue weighted by molar-refractivity contribution is -0.127. The first-order valence-corrected chi connectivity index (χ1v) is 6.81. The summed E-state index contributed by atoms with van der Waals surface area (Å²) in [6, 6.07) is 1.58. The number of carbonyl (C=O) groups excluding carboxylic acids is 1. The van der Waals surface area contributed by atoms with Crippen molar-refractivity contribution in [3.05, 3.63) is 28.8 Å². The lowest BCUT2D eigenvalue weighted by atomic mass is 9.62. The molecule has 0 spiro atoms. The van der Waals surface area contributed by atoms with E-state index in [0.29, 0.717) is 24.8 Å². The summed E-state index contributed by atoms with van der Waals surface area (Å²) in [6.45, 7) is 1.97. The second-order valence-electron chi connectivity index (χ2n) is 5.16. The minimum absolute atomic E-state index is 0.0757. The highest BCUT2D eigenvalue weighted by atomic mass is 35.5. The molecule has 0 heterocycles. The number of nitrogens with one attached hydrogen (secondary N) is 1. The van der Waals surface area contributed by atoms with Gasteiger partial charge >= 0.3 is 0 Å². The Hall–Kier alpha value is -1.27. The Kier molecular flexibility index (Phi) is 3.97. The minimum atomic E-state index is -0.973. The number of carbonyl (C=O) groups is 1. The van der Waals surface area contributed by atoms with Crippen LogP contribution in [0, 0.1) is 23.0 Å². The number of hydrogen-bond acceptors (Lipinski definition) is 2. The van der Waals surface area contributed by atoms with Crippen molar-refractivity contribution >= 4 is 40.4 Å². The topological polar surface area (TPSA) is 55.1 Å². The van der Waals surface area contributed by atoms with Crippen molar-refractivity contribution in [2.24, 2.45) is 17.1 Å². The van der Waals surface area contributed by atoms with Crippen LogP contribution in [0.5, 0.6) is 0 Å². The van der Waals surface area contributed by atoms with E-state index in [1.165, 1.54) is 0 Å². The molecule has 2 rings (SSSR count). The van der Waals surface area contributed by atoms with E-state index in [4.69, 9.17) is 29.6 Å². The number of hydrogen-bond donors (Lipinski definition) is 2. The fourth-order valence-corrected chi connectivity index (χ4v) is 3.02. The van der Waals surface area contributed by atoms with Crippen LogP contribution in [0.4, 0.5) is 14.5 Å². The Morgan fingerprint density at radius 1 is 1.50 bits per heavy atom. The van der Waals surface area contributed by atoms with Crippen LogP contribution < -0.4 is 11.1 Å². The standard InChI is InChI=1S/C13H13ClF2N2OS/c1-6-4-13(5-6,11(17)20)12(19)18-10-8(14)2-7(15)3-9(10)16/h2-3,6H,4-5H2,1H3,(H2,17,20)(H,18,19). The van der Waals surface area contributed by atoms with Crippen molar-refractivity contribution in [2.45, 2.75) is 19.8 Å². The van der Waals surface area contributed by atoms with Gasteiger partial charge in [0.25, 0.3) is 0 Å². The Morgan fingerprint density at radius 3 is 2.55 bits per heavy atom. The molecule has 3 N–H and O–H groups in total. The number of thiocarbonyl (C=S) groups is 1. The molecule has 1 saturated carbocycles. The molecule has 0 radical (unpaired) electrons. The Bertz CT molecular complexity index is 565. The van der Waals surface area contributed by atoms with Crippen molar-refractivity contribution in [1.82, 2.24) is 0 Å². The molecule has 7 heteroatoms. The van der Waals surface area contributed by atoms with E-state index in [9.17, 15) is 13.6 Å². The van der Waals surface area contributed by atoms with Crippen molar-refractivity contribution in [3.63, 3.8) is 0 Å². The molecule has 3 nitrogen and oxygen atoms in total. The number of rotatable bonds is 3. The summed E-state index contributed by atoms with van der Waals surface area (Å²) in [4.78, 5) is 12.4. The molecule has 1 aromatic carbocycles. The Labute approximate surface area is 125 Å². The highest BCUT2D eigenvalue weighted by Gasteiger charge is 2.51. The molecule has 0 unspecified atom stereocenters. The van der Waals surface area contributed by atoms with Crippen LogP contribution in [0.15, 0.2) is 12.1 Å². The molecule has 0 aromatic heterocycles. The monoisotopic (exact) mass is 318 g/mol. The molecule has 0 atom stereocenters. The first-order valence-electron chi connectivity index (χ1n) is 6.02. The summed E-state index contributed by atoms with van der Waals surface area (Å²) >= 11 is 10.7. The summed E-state index contributed by atoms with van der Waals surface area (Å²) in [5.74, 6) is -1.94. The van der Waals surface area contributed by atoms with Gasteiger partial charge in [0.15, 0.2) is 5.82 Å². The largest absolute Gasteiger partial charge is 0.392 e. The maximum atomic E-state index is 13.7. The molecule has 0 bridgehead atoms. The maximum absolute atomic E-state index is 13.7. The highest BCUT2D eigenvalue weighted by molar-refractivity contribution is 7.80. The van der Waals surface area contributed by atoms with Crippen molar-refractivity contribution < 1.29 is 13.6 Å². The van der Waals surface area contributed by atoms with Crippen molar-refractivity contribution in [1.29, 1.82) is 0 Å². The molecule has 20 heavy (non-hydrogen) atoms.